The van der Waals surface area contributed by atoms with E-state index in [1.165, 1.54) is 0 Å². The molecule has 2 amide bonds. The van der Waals surface area contributed by atoms with E-state index in [9.17, 15) is 9.59 Å². The summed E-state index contributed by atoms with van der Waals surface area (Å²) in [6.45, 7) is 4.72. The zero-order chi connectivity index (χ0) is 22.5. The molecule has 2 N–H and O–H groups in total. The van der Waals surface area contributed by atoms with Gasteiger partial charge in [0.25, 0.3) is 0 Å². The molecule has 4 rings (SSSR count). The molecule has 1 aliphatic carbocycles. The molecule has 0 atom stereocenters. The molecule has 170 valence electrons. The number of carbonyl (C=O) groups excluding carboxylic acids is 2. The molecule has 9 nitrogen and oxygen atoms in total. The average Bonchev–Trinajstić information content (AvgIpc) is 3.16. The van der Waals surface area contributed by atoms with Gasteiger partial charge < -0.3 is 20.4 Å². The molecular formula is C23H31N7O2. The third-order valence-corrected chi connectivity index (χ3v) is 5.94. The number of aliphatic imine (C=N–C) groups is 1. The third-order valence-electron chi connectivity index (χ3n) is 5.94. The summed E-state index contributed by atoms with van der Waals surface area (Å²) < 4.78 is 1.70. The fourth-order valence-electron chi connectivity index (χ4n) is 3.93. The van der Waals surface area contributed by atoms with E-state index >= 15 is 0 Å². The fraction of sp³-hybridized carbons (Fsp3) is 0.478. The SMILES string of the molecule is CCNC(=NCc1cccc(NC(=O)C2CCC2)c1)N1CCN(c2cnn(C)c2)C(=O)C1. The van der Waals surface area contributed by atoms with Gasteiger partial charge in [0.15, 0.2) is 5.96 Å². The van der Waals surface area contributed by atoms with Gasteiger partial charge in [0.05, 0.1) is 18.4 Å². The molecule has 0 bridgehead atoms. The van der Waals surface area contributed by atoms with Crippen molar-refractivity contribution in [3.05, 3.63) is 42.2 Å². The lowest BCUT2D eigenvalue weighted by atomic mass is 9.85. The second kappa shape index (κ2) is 9.84. The van der Waals surface area contributed by atoms with Crippen molar-refractivity contribution < 1.29 is 9.59 Å². The number of hydrogen-bond donors (Lipinski definition) is 2. The molecule has 1 saturated heterocycles. The minimum atomic E-state index is 0.0237. The summed E-state index contributed by atoms with van der Waals surface area (Å²) >= 11 is 0. The second-order valence-corrected chi connectivity index (χ2v) is 8.33. The van der Waals surface area contributed by atoms with Gasteiger partial charge in [-0.1, -0.05) is 18.6 Å². The van der Waals surface area contributed by atoms with Gasteiger partial charge >= 0.3 is 0 Å². The first kappa shape index (κ1) is 21.9. The molecule has 2 fully saturated rings. The van der Waals surface area contributed by atoms with Crippen LogP contribution in [0.2, 0.25) is 0 Å². The number of nitrogens with zero attached hydrogens (tertiary/aromatic N) is 5. The Morgan fingerprint density at radius 1 is 1.28 bits per heavy atom. The number of guanidine groups is 1. The Morgan fingerprint density at radius 2 is 2.12 bits per heavy atom. The van der Waals surface area contributed by atoms with Crippen LogP contribution in [-0.4, -0.2) is 58.6 Å². The first-order valence-electron chi connectivity index (χ1n) is 11.3. The summed E-state index contributed by atoms with van der Waals surface area (Å²) in [4.78, 5) is 33.5. The quantitative estimate of drug-likeness (QED) is 0.532. The second-order valence-electron chi connectivity index (χ2n) is 8.33. The normalized spacial score (nSPS) is 17.3. The smallest absolute Gasteiger partial charge is 0.246 e. The Balaban J connectivity index is 1.39. The number of hydrogen-bond acceptors (Lipinski definition) is 4. The van der Waals surface area contributed by atoms with Gasteiger partial charge in [-0.3, -0.25) is 14.3 Å². The molecule has 1 aromatic heterocycles. The van der Waals surface area contributed by atoms with Crippen molar-refractivity contribution in [2.45, 2.75) is 32.7 Å². The molecule has 32 heavy (non-hydrogen) atoms. The Hall–Kier alpha value is -3.36. The van der Waals surface area contributed by atoms with Gasteiger partial charge in [0.1, 0.15) is 6.54 Å². The number of carbonyl (C=O) groups is 2. The van der Waals surface area contributed by atoms with E-state index in [-0.39, 0.29) is 24.3 Å². The van der Waals surface area contributed by atoms with Crippen molar-refractivity contribution in [1.29, 1.82) is 0 Å². The molecule has 9 heteroatoms. The monoisotopic (exact) mass is 437 g/mol. The van der Waals surface area contributed by atoms with Crippen LogP contribution in [-0.2, 0) is 23.2 Å². The van der Waals surface area contributed by atoms with E-state index < -0.39 is 0 Å². The summed E-state index contributed by atoms with van der Waals surface area (Å²) in [6, 6.07) is 7.81. The number of anilines is 2. The van der Waals surface area contributed by atoms with E-state index in [0.29, 0.717) is 26.2 Å². The number of benzene rings is 1. The van der Waals surface area contributed by atoms with Crippen molar-refractivity contribution in [2.24, 2.45) is 18.0 Å². The van der Waals surface area contributed by atoms with Crippen LogP contribution in [0.1, 0.15) is 31.7 Å². The minimum Gasteiger partial charge on any atom is -0.356 e. The summed E-state index contributed by atoms with van der Waals surface area (Å²) in [5.74, 6) is 1.00. The Morgan fingerprint density at radius 3 is 2.78 bits per heavy atom. The Labute approximate surface area is 188 Å². The molecule has 2 heterocycles. The van der Waals surface area contributed by atoms with Crippen molar-refractivity contribution in [3.8, 4) is 0 Å². The van der Waals surface area contributed by atoms with E-state index in [2.05, 4.69) is 15.7 Å². The molecule has 1 aliphatic heterocycles. The number of aromatic nitrogens is 2. The maximum Gasteiger partial charge on any atom is 0.246 e. The summed E-state index contributed by atoms with van der Waals surface area (Å²) in [5, 5.41) is 10.5. The van der Waals surface area contributed by atoms with Gasteiger partial charge in [-0.05, 0) is 37.5 Å². The highest BCUT2D eigenvalue weighted by molar-refractivity contribution is 5.98. The molecule has 0 radical (unpaired) electrons. The molecule has 1 saturated carbocycles. The molecule has 2 aromatic rings. The predicted octanol–water partition coefficient (Wildman–Crippen LogP) is 1.97. The zero-order valence-corrected chi connectivity index (χ0v) is 18.8. The number of aryl methyl sites for hydroxylation is 1. The van der Waals surface area contributed by atoms with Gasteiger partial charge in [0, 0.05) is 44.5 Å². The highest BCUT2D eigenvalue weighted by atomic mass is 16.2. The molecule has 1 aromatic carbocycles. The molecular weight excluding hydrogens is 406 g/mol. The van der Waals surface area contributed by atoms with Crippen LogP contribution in [0.15, 0.2) is 41.7 Å². The van der Waals surface area contributed by atoms with Crippen LogP contribution >= 0.6 is 0 Å². The van der Waals surface area contributed by atoms with Gasteiger partial charge in [-0.2, -0.15) is 5.10 Å². The van der Waals surface area contributed by atoms with Crippen molar-refractivity contribution >= 4 is 29.1 Å². The van der Waals surface area contributed by atoms with E-state index in [0.717, 1.165) is 42.2 Å². The van der Waals surface area contributed by atoms with Crippen LogP contribution in [0.3, 0.4) is 0 Å². The molecule has 0 spiro atoms. The van der Waals surface area contributed by atoms with E-state index in [4.69, 9.17) is 4.99 Å². The van der Waals surface area contributed by atoms with E-state index in [1.54, 1.807) is 15.8 Å². The Kier molecular flexibility index (Phi) is 6.72. The summed E-state index contributed by atoms with van der Waals surface area (Å²) in [6.07, 6.45) is 6.66. The molecule has 2 aliphatic rings. The Bertz CT molecular complexity index is 996. The minimum absolute atomic E-state index is 0.0237. The van der Waals surface area contributed by atoms with E-state index in [1.807, 2.05) is 49.3 Å². The average molecular weight is 438 g/mol. The van der Waals surface area contributed by atoms with Crippen LogP contribution in [0.5, 0.6) is 0 Å². The van der Waals surface area contributed by atoms with Crippen LogP contribution < -0.4 is 15.5 Å². The van der Waals surface area contributed by atoms with Crippen LogP contribution in [0.4, 0.5) is 11.4 Å². The summed E-state index contributed by atoms with van der Waals surface area (Å²) in [7, 11) is 1.84. The summed E-state index contributed by atoms with van der Waals surface area (Å²) in [5.41, 5.74) is 2.63. The number of amides is 2. The first-order valence-corrected chi connectivity index (χ1v) is 11.3. The highest BCUT2D eigenvalue weighted by Gasteiger charge is 2.28. The van der Waals surface area contributed by atoms with Crippen molar-refractivity contribution in [1.82, 2.24) is 20.0 Å². The number of piperazine rings is 1. The lowest BCUT2D eigenvalue weighted by Gasteiger charge is -2.35. The predicted molar refractivity (Wildman–Crippen MR) is 124 cm³/mol. The molecule has 0 unspecified atom stereocenters. The maximum atomic E-state index is 12.8. The highest BCUT2D eigenvalue weighted by Crippen LogP contribution is 2.27. The van der Waals surface area contributed by atoms with Crippen molar-refractivity contribution in [3.63, 3.8) is 0 Å². The zero-order valence-electron chi connectivity index (χ0n) is 18.8. The van der Waals surface area contributed by atoms with Crippen molar-refractivity contribution in [2.75, 3.05) is 36.4 Å². The number of nitrogens with one attached hydrogen (secondary N) is 2. The van der Waals surface area contributed by atoms with Crippen LogP contribution in [0.25, 0.3) is 0 Å². The fourth-order valence-corrected chi connectivity index (χ4v) is 3.93. The largest absolute Gasteiger partial charge is 0.356 e. The number of rotatable bonds is 6. The van der Waals surface area contributed by atoms with Crippen LogP contribution in [0, 0.1) is 5.92 Å². The van der Waals surface area contributed by atoms with Gasteiger partial charge in [-0.15, -0.1) is 0 Å². The van der Waals surface area contributed by atoms with Gasteiger partial charge in [-0.25, -0.2) is 4.99 Å². The lowest BCUT2D eigenvalue weighted by Crippen LogP contribution is -2.55. The first-order chi connectivity index (χ1) is 15.5. The standard InChI is InChI=1S/C23H31N7O2/c1-3-24-23(29-10-11-30(21(31)16-29)20-14-26-28(2)15-20)25-13-17-6-4-9-19(12-17)27-22(32)18-7-5-8-18/h4,6,9,12,14-15,18H,3,5,7-8,10-11,13,16H2,1-2H3,(H,24,25)(H,27,32). The topological polar surface area (TPSA) is 94.9 Å². The maximum absolute atomic E-state index is 12.8. The lowest BCUT2D eigenvalue weighted by molar-refractivity contribution is -0.122. The third kappa shape index (κ3) is 5.09. The van der Waals surface area contributed by atoms with Gasteiger partial charge in [0.2, 0.25) is 11.8 Å².